The second kappa shape index (κ2) is 7.67. The fourth-order valence-electron chi connectivity index (χ4n) is 1.60. The Morgan fingerprint density at radius 2 is 1.88 bits per heavy atom. The molecule has 1 nitrogen and oxygen atoms in total. The fraction of sp³-hybridized carbons (Fsp3) is 0.733. The molecule has 0 amide bonds. The van der Waals surface area contributed by atoms with Gasteiger partial charge in [-0.2, -0.15) is 0 Å². The van der Waals surface area contributed by atoms with E-state index in [0.29, 0.717) is 5.92 Å². The van der Waals surface area contributed by atoms with Crippen LogP contribution in [0, 0.1) is 11.8 Å². The van der Waals surface area contributed by atoms with E-state index in [4.69, 9.17) is 0 Å². The number of hydrogen-bond donors (Lipinski definition) is 1. The Morgan fingerprint density at radius 1 is 1.25 bits per heavy atom. The predicted octanol–water partition coefficient (Wildman–Crippen LogP) is 4.33. The second-order valence-electron chi connectivity index (χ2n) is 5.50. The fourth-order valence-corrected chi connectivity index (χ4v) is 1.60. The summed E-state index contributed by atoms with van der Waals surface area (Å²) in [5.41, 5.74) is -0.850. The summed E-state index contributed by atoms with van der Waals surface area (Å²) >= 11 is 0. The molecule has 0 aromatic heterocycles. The van der Waals surface area contributed by atoms with E-state index in [2.05, 4.69) is 33.4 Å². The molecule has 2 unspecified atom stereocenters. The van der Waals surface area contributed by atoms with Gasteiger partial charge in [0.15, 0.2) is 0 Å². The van der Waals surface area contributed by atoms with Gasteiger partial charge in [-0.25, -0.2) is 0 Å². The maximum Gasteiger partial charge on any atom is 0.0977 e. The average molecular weight is 224 g/mol. The van der Waals surface area contributed by atoms with Gasteiger partial charge in [0.1, 0.15) is 0 Å². The average Bonchev–Trinajstić information content (AvgIpc) is 2.17. The van der Waals surface area contributed by atoms with Gasteiger partial charge in [0.2, 0.25) is 0 Å². The minimum Gasteiger partial charge on any atom is -0.382 e. The highest BCUT2D eigenvalue weighted by atomic mass is 16.3. The zero-order valence-corrected chi connectivity index (χ0v) is 11.4. The summed E-state index contributed by atoms with van der Waals surface area (Å²) in [4.78, 5) is 0. The molecular formula is C15H28O. The Kier molecular flexibility index (Phi) is 7.40. The minimum absolute atomic E-state index is 0.704. The van der Waals surface area contributed by atoms with Crippen molar-refractivity contribution in [1.29, 1.82) is 0 Å². The summed E-state index contributed by atoms with van der Waals surface area (Å²) in [6.45, 7) is 12.2. The molecule has 0 aromatic carbocycles. The van der Waals surface area contributed by atoms with Crippen molar-refractivity contribution < 1.29 is 5.11 Å². The highest BCUT2D eigenvalue weighted by Gasteiger charge is 2.09. The summed E-state index contributed by atoms with van der Waals surface area (Å²) in [5, 5.41) is 9.68. The van der Waals surface area contributed by atoms with Gasteiger partial charge in [0.25, 0.3) is 0 Å². The molecule has 0 radical (unpaired) electrons. The maximum absolute atomic E-state index is 9.68. The lowest BCUT2D eigenvalue weighted by atomic mass is 9.96. The van der Waals surface area contributed by atoms with E-state index in [1.54, 1.807) is 13.0 Å². The normalized spacial score (nSPS) is 17.6. The molecule has 0 saturated heterocycles. The van der Waals surface area contributed by atoms with Crippen molar-refractivity contribution in [3.05, 3.63) is 24.8 Å². The summed E-state index contributed by atoms with van der Waals surface area (Å²) in [6, 6.07) is 0. The molecule has 0 saturated carbocycles. The van der Waals surface area contributed by atoms with Gasteiger partial charge < -0.3 is 5.11 Å². The SMILES string of the molecule is C=CC(C)(O)C=CCC(C)CCCC(C)C. The Hall–Kier alpha value is -0.560. The van der Waals surface area contributed by atoms with E-state index in [1.165, 1.54) is 19.3 Å². The molecule has 1 heteroatoms. The van der Waals surface area contributed by atoms with Crippen molar-refractivity contribution in [1.82, 2.24) is 0 Å². The molecule has 0 rings (SSSR count). The van der Waals surface area contributed by atoms with Crippen molar-refractivity contribution in [3.63, 3.8) is 0 Å². The summed E-state index contributed by atoms with van der Waals surface area (Å²) in [5.74, 6) is 1.51. The van der Waals surface area contributed by atoms with Crippen molar-refractivity contribution in [2.45, 2.75) is 59.0 Å². The second-order valence-corrected chi connectivity index (χ2v) is 5.50. The first-order chi connectivity index (χ1) is 7.37. The zero-order valence-electron chi connectivity index (χ0n) is 11.4. The highest BCUT2D eigenvalue weighted by Crippen LogP contribution is 2.16. The van der Waals surface area contributed by atoms with Crippen LogP contribution in [0.4, 0.5) is 0 Å². The number of allylic oxidation sites excluding steroid dienone is 1. The summed E-state index contributed by atoms with van der Waals surface area (Å²) in [6.07, 6.45) is 10.4. The number of rotatable bonds is 8. The van der Waals surface area contributed by atoms with Crippen LogP contribution in [0.5, 0.6) is 0 Å². The molecule has 0 aromatic rings. The van der Waals surface area contributed by atoms with Crippen LogP contribution < -0.4 is 0 Å². The first kappa shape index (κ1) is 15.4. The van der Waals surface area contributed by atoms with E-state index >= 15 is 0 Å². The van der Waals surface area contributed by atoms with Gasteiger partial charge in [0.05, 0.1) is 5.60 Å². The van der Waals surface area contributed by atoms with Crippen LogP contribution in [0.25, 0.3) is 0 Å². The standard InChI is InChI=1S/C15H28O/c1-6-15(5,16)12-8-11-14(4)10-7-9-13(2)3/h6,8,12-14,16H,1,7,9-11H2,2-5H3. The predicted molar refractivity (Wildman–Crippen MR) is 72.4 cm³/mol. The smallest absolute Gasteiger partial charge is 0.0977 e. The molecule has 1 N–H and O–H groups in total. The van der Waals surface area contributed by atoms with Crippen LogP contribution in [0.15, 0.2) is 24.8 Å². The van der Waals surface area contributed by atoms with E-state index in [-0.39, 0.29) is 0 Å². The van der Waals surface area contributed by atoms with Crippen molar-refractivity contribution >= 4 is 0 Å². The van der Waals surface area contributed by atoms with Gasteiger partial charge in [-0.15, -0.1) is 0 Å². The molecule has 0 bridgehead atoms. The third-order valence-corrected chi connectivity index (χ3v) is 2.89. The van der Waals surface area contributed by atoms with Gasteiger partial charge >= 0.3 is 0 Å². The molecule has 0 spiro atoms. The third kappa shape index (κ3) is 8.72. The van der Waals surface area contributed by atoms with E-state index < -0.39 is 5.60 Å². The van der Waals surface area contributed by atoms with E-state index in [9.17, 15) is 5.11 Å². The van der Waals surface area contributed by atoms with Crippen LogP contribution in [0.3, 0.4) is 0 Å². The first-order valence-electron chi connectivity index (χ1n) is 6.41. The topological polar surface area (TPSA) is 20.2 Å². The van der Waals surface area contributed by atoms with Crippen molar-refractivity contribution in [3.8, 4) is 0 Å². The molecule has 16 heavy (non-hydrogen) atoms. The van der Waals surface area contributed by atoms with E-state index in [1.807, 2.05) is 6.08 Å². The Bertz CT molecular complexity index is 213. The van der Waals surface area contributed by atoms with Gasteiger partial charge in [0, 0.05) is 0 Å². The van der Waals surface area contributed by atoms with Crippen LogP contribution >= 0.6 is 0 Å². The number of hydrogen-bond acceptors (Lipinski definition) is 1. The molecule has 0 fully saturated rings. The molecule has 94 valence electrons. The van der Waals surface area contributed by atoms with Gasteiger partial charge in [-0.1, -0.05) is 64.8 Å². The molecule has 0 aliphatic carbocycles. The quantitative estimate of drug-likeness (QED) is 0.608. The molecule has 0 heterocycles. The zero-order chi connectivity index (χ0) is 12.6. The molecule has 0 aliphatic heterocycles. The Morgan fingerprint density at radius 3 is 2.38 bits per heavy atom. The summed E-state index contributed by atoms with van der Waals surface area (Å²) in [7, 11) is 0. The molecular weight excluding hydrogens is 196 g/mol. The maximum atomic E-state index is 9.68. The Labute approximate surface area is 101 Å². The van der Waals surface area contributed by atoms with Crippen LogP contribution in [0.2, 0.25) is 0 Å². The lowest BCUT2D eigenvalue weighted by Gasteiger charge is -2.13. The lowest BCUT2D eigenvalue weighted by molar-refractivity contribution is 0.164. The van der Waals surface area contributed by atoms with Crippen molar-refractivity contribution in [2.24, 2.45) is 11.8 Å². The lowest BCUT2D eigenvalue weighted by Crippen LogP contribution is -2.15. The van der Waals surface area contributed by atoms with Crippen molar-refractivity contribution in [2.75, 3.05) is 0 Å². The largest absolute Gasteiger partial charge is 0.382 e. The van der Waals surface area contributed by atoms with Crippen LogP contribution in [-0.4, -0.2) is 10.7 Å². The highest BCUT2D eigenvalue weighted by molar-refractivity contribution is 5.08. The Balaban J connectivity index is 3.72. The third-order valence-electron chi connectivity index (χ3n) is 2.89. The summed E-state index contributed by atoms with van der Waals surface area (Å²) < 4.78 is 0. The van der Waals surface area contributed by atoms with Gasteiger partial charge in [-0.05, 0) is 25.2 Å². The first-order valence-corrected chi connectivity index (χ1v) is 6.41. The van der Waals surface area contributed by atoms with Crippen LogP contribution in [-0.2, 0) is 0 Å². The number of aliphatic hydroxyl groups is 1. The van der Waals surface area contributed by atoms with Crippen LogP contribution in [0.1, 0.15) is 53.4 Å². The minimum atomic E-state index is -0.850. The molecule has 2 atom stereocenters. The van der Waals surface area contributed by atoms with Gasteiger partial charge in [-0.3, -0.25) is 0 Å². The van der Waals surface area contributed by atoms with E-state index in [0.717, 1.165) is 12.3 Å². The molecule has 0 aliphatic rings. The monoisotopic (exact) mass is 224 g/mol.